The van der Waals surface area contributed by atoms with Gasteiger partial charge in [0.15, 0.2) is 0 Å². The molecule has 1 aliphatic heterocycles. The maximum atomic E-state index is 9.82. The number of carbonyl (C=O) groups excluding carboxylic acids is 1. The van der Waals surface area contributed by atoms with Crippen LogP contribution < -0.4 is 5.32 Å². The number of nitrogens with one attached hydrogen (secondary N) is 1. The van der Waals surface area contributed by atoms with Gasteiger partial charge in [-0.15, -0.1) is 0 Å². The Labute approximate surface area is 81.1 Å². The smallest absolute Gasteiger partial charge is 0.309 e. The van der Waals surface area contributed by atoms with Crippen LogP contribution in [0.5, 0.6) is 0 Å². The highest BCUT2D eigenvalue weighted by Gasteiger charge is 2.34. The van der Waals surface area contributed by atoms with Crippen molar-refractivity contribution in [3.63, 3.8) is 0 Å². The molecule has 0 saturated carbocycles. The van der Waals surface area contributed by atoms with Crippen LogP contribution >= 0.6 is 11.8 Å². The van der Waals surface area contributed by atoms with Crippen molar-refractivity contribution in [1.29, 1.82) is 0 Å². The minimum atomic E-state index is -1.73. The van der Waals surface area contributed by atoms with Crippen LogP contribution in [0.1, 0.15) is 0 Å². The van der Waals surface area contributed by atoms with Crippen LogP contribution in [0.15, 0.2) is 0 Å². The minimum Gasteiger partial charge on any atom is -0.353 e. The summed E-state index contributed by atoms with van der Waals surface area (Å²) in [5, 5.41) is 21.3. The first-order valence-corrected chi connectivity index (χ1v) is 5.20. The molecule has 0 aromatic carbocycles. The molecule has 5 nitrogen and oxygen atoms in total. The van der Waals surface area contributed by atoms with E-state index in [2.05, 4.69) is 5.32 Å². The summed E-state index contributed by atoms with van der Waals surface area (Å²) in [6, 6.07) is 0. The molecule has 1 heterocycles. The molecule has 1 rings (SSSR count). The van der Waals surface area contributed by atoms with Gasteiger partial charge in [0, 0.05) is 25.4 Å². The summed E-state index contributed by atoms with van der Waals surface area (Å²) < 4.78 is 0. The normalized spacial score (nSPS) is 22.6. The average molecular weight is 205 g/mol. The van der Waals surface area contributed by atoms with Crippen LogP contribution in [-0.2, 0) is 4.79 Å². The van der Waals surface area contributed by atoms with Crippen LogP contribution in [0, 0.1) is 0 Å². The number of aliphatic hydroxyl groups is 2. The van der Waals surface area contributed by atoms with E-state index >= 15 is 0 Å². The lowest BCUT2D eigenvalue weighted by atomic mass is 10.4. The van der Waals surface area contributed by atoms with Crippen LogP contribution in [0.2, 0.25) is 0 Å². The predicted octanol–water partition coefficient (Wildman–Crippen LogP) is -1.67. The zero-order chi connectivity index (χ0) is 9.73. The summed E-state index contributed by atoms with van der Waals surface area (Å²) in [6.45, 7) is 1.44. The number of nitrogens with zero attached hydrogens (tertiary/aromatic N) is 1. The van der Waals surface area contributed by atoms with Gasteiger partial charge in [-0.1, -0.05) is 0 Å². The summed E-state index contributed by atoms with van der Waals surface area (Å²) in [7, 11) is 0. The standard InChI is InChI=1S/C7H13N2O3S/c10-6-8-1-2-9-3-4-13-5-7(9,11)12/h11-12H,1-5H2,(H,8,10). The van der Waals surface area contributed by atoms with E-state index in [4.69, 9.17) is 0 Å². The fourth-order valence-corrected chi connectivity index (χ4v) is 2.14. The van der Waals surface area contributed by atoms with Gasteiger partial charge in [-0.3, -0.25) is 4.79 Å². The topological polar surface area (TPSA) is 72.8 Å². The lowest BCUT2D eigenvalue weighted by molar-refractivity contribution is -0.246. The molecule has 0 spiro atoms. The molecule has 6 heteroatoms. The highest BCUT2D eigenvalue weighted by atomic mass is 32.2. The Hall–Kier alpha value is -0.300. The third kappa shape index (κ3) is 3.15. The van der Waals surface area contributed by atoms with Crippen LogP contribution in [0.3, 0.4) is 0 Å². The molecule has 1 amide bonds. The number of amides is 1. The van der Waals surface area contributed by atoms with Crippen molar-refractivity contribution in [3.8, 4) is 0 Å². The van der Waals surface area contributed by atoms with Gasteiger partial charge in [0.25, 0.3) is 0 Å². The van der Waals surface area contributed by atoms with Crippen molar-refractivity contribution in [2.24, 2.45) is 0 Å². The Morgan fingerprint density at radius 3 is 3.00 bits per heavy atom. The highest BCUT2D eigenvalue weighted by Crippen LogP contribution is 2.21. The zero-order valence-electron chi connectivity index (χ0n) is 7.19. The highest BCUT2D eigenvalue weighted by molar-refractivity contribution is 7.99. The molecule has 1 fully saturated rings. The Morgan fingerprint density at radius 1 is 1.62 bits per heavy atom. The fraction of sp³-hybridized carbons (Fsp3) is 0.857. The molecule has 75 valence electrons. The van der Waals surface area contributed by atoms with Gasteiger partial charge < -0.3 is 15.5 Å². The van der Waals surface area contributed by atoms with Crippen LogP contribution in [0.4, 0.5) is 0 Å². The Morgan fingerprint density at radius 2 is 2.38 bits per heavy atom. The Balaban J connectivity index is 2.32. The molecule has 0 aromatic heterocycles. The predicted molar refractivity (Wildman–Crippen MR) is 49.8 cm³/mol. The number of hydrogen-bond donors (Lipinski definition) is 3. The van der Waals surface area contributed by atoms with E-state index in [0.717, 1.165) is 5.75 Å². The minimum absolute atomic E-state index is 0.289. The second-order valence-electron chi connectivity index (χ2n) is 2.84. The lowest BCUT2D eigenvalue weighted by Crippen LogP contribution is -2.56. The van der Waals surface area contributed by atoms with E-state index < -0.39 is 5.91 Å². The second-order valence-corrected chi connectivity index (χ2v) is 3.95. The monoisotopic (exact) mass is 205 g/mol. The van der Waals surface area contributed by atoms with E-state index in [9.17, 15) is 15.0 Å². The van der Waals surface area contributed by atoms with Crippen molar-refractivity contribution in [1.82, 2.24) is 10.2 Å². The van der Waals surface area contributed by atoms with Crippen molar-refractivity contribution in [3.05, 3.63) is 0 Å². The Bertz CT molecular complexity index is 177. The van der Waals surface area contributed by atoms with E-state index in [1.165, 1.54) is 23.1 Å². The van der Waals surface area contributed by atoms with Crippen molar-refractivity contribution in [2.45, 2.75) is 5.91 Å². The molecule has 1 saturated heterocycles. The molecule has 0 unspecified atom stereocenters. The summed E-state index contributed by atoms with van der Waals surface area (Å²) in [5.74, 6) is -0.557. The third-order valence-electron chi connectivity index (χ3n) is 1.89. The van der Waals surface area contributed by atoms with E-state index in [1.54, 1.807) is 0 Å². The number of rotatable bonds is 4. The average Bonchev–Trinajstić information content (AvgIpc) is 2.08. The van der Waals surface area contributed by atoms with Crippen molar-refractivity contribution < 1.29 is 15.0 Å². The third-order valence-corrected chi connectivity index (χ3v) is 2.95. The summed E-state index contributed by atoms with van der Waals surface area (Å²) >= 11 is 1.51. The molecular weight excluding hydrogens is 192 g/mol. The Kier molecular flexibility index (Phi) is 3.98. The van der Waals surface area contributed by atoms with Crippen LogP contribution in [-0.4, -0.2) is 58.6 Å². The molecule has 0 atom stereocenters. The van der Waals surface area contributed by atoms with Gasteiger partial charge in [0.1, 0.15) is 0 Å². The van der Waals surface area contributed by atoms with Crippen LogP contribution in [0.25, 0.3) is 0 Å². The second kappa shape index (κ2) is 4.80. The van der Waals surface area contributed by atoms with Gasteiger partial charge in [0.05, 0.1) is 5.75 Å². The fourth-order valence-electron chi connectivity index (χ4n) is 1.19. The maximum absolute atomic E-state index is 9.82. The summed E-state index contributed by atoms with van der Waals surface area (Å²) in [5.41, 5.74) is 0. The van der Waals surface area contributed by atoms with E-state index in [0.29, 0.717) is 19.6 Å². The quantitative estimate of drug-likeness (QED) is 0.291. The van der Waals surface area contributed by atoms with E-state index in [-0.39, 0.29) is 5.75 Å². The van der Waals surface area contributed by atoms with Gasteiger partial charge in [-0.25, -0.2) is 4.90 Å². The first-order chi connectivity index (χ1) is 6.17. The van der Waals surface area contributed by atoms with E-state index in [1.807, 2.05) is 0 Å². The SMILES string of the molecule is O=[C]NCCN1CCSCC1(O)O. The number of hydrogen-bond acceptors (Lipinski definition) is 5. The molecule has 13 heavy (non-hydrogen) atoms. The molecule has 0 bridgehead atoms. The molecule has 0 aliphatic carbocycles. The van der Waals surface area contributed by atoms with Gasteiger partial charge in [-0.2, -0.15) is 11.8 Å². The van der Waals surface area contributed by atoms with Gasteiger partial charge >= 0.3 is 6.41 Å². The first kappa shape index (κ1) is 10.8. The zero-order valence-corrected chi connectivity index (χ0v) is 8.01. The van der Waals surface area contributed by atoms with Crippen molar-refractivity contribution in [2.75, 3.05) is 31.1 Å². The maximum Gasteiger partial charge on any atom is 0.309 e. The molecule has 1 aliphatic rings. The molecule has 1 radical (unpaired) electrons. The molecule has 0 aromatic rings. The van der Waals surface area contributed by atoms with Gasteiger partial charge in [0.2, 0.25) is 5.91 Å². The first-order valence-electron chi connectivity index (χ1n) is 4.04. The summed E-state index contributed by atoms with van der Waals surface area (Å²) in [6.07, 6.45) is 1.54. The van der Waals surface area contributed by atoms with Crippen molar-refractivity contribution >= 4 is 18.2 Å². The lowest BCUT2D eigenvalue weighted by Gasteiger charge is -2.38. The molecule has 3 N–H and O–H groups in total. The van der Waals surface area contributed by atoms with Gasteiger partial charge in [-0.05, 0) is 0 Å². The number of thioether (sulfide) groups is 1. The summed E-state index contributed by atoms with van der Waals surface area (Å²) in [4.78, 5) is 11.4. The largest absolute Gasteiger partial charge is 0.353 e. The molecular formula is C7H13N2O3S.